The maximum Gasteiger partial charge on any atom is 0.319 e. The van der Waals surface area contributed by atoms with Crippen molar-refractivity contribution in [3.05, 3.63) is 182 Å². The maximum absolute atomic E-state index is 13.8. The summed E-state index contributed by atoms with van der Waals surface area (Å²) in [5, 5.41) is 68.4. The summed E-state index contributed by atoms with van der Waals surface area (Å²) in [6.45, 7) is 5.88. The fraction of sp³-hybridized carbons (Fsp3) is 0.351. The summed E-state index contributed by atoms with van der Waals surface area (Å²) in [6, 6.07) is 38.5. The Bertz CT molecular complexity index is 3390. The van der Waals surface area contributed by atoms with Crippen LogP contribution in [0, 0.1) is 41.1 Å². The molecule has 394 valence electrons. The average Bonchev–Trinajstić information content (AvgIpc) is 4.13. The number of hydrogen-bond acceptors (Lipinski definition) is 14. The summed E-state index contributed by atoms with van der Waals surface area (Å²) < 4.78 is 79.6. The molecule has 0 amide bonds. The second-order valence-electron chi connectivity index (χ2n) is 20.4. The lowest BCUT2D eigenvalue weighted by Crippen LogP contribution is -2.58. The first-order valence-corrected chi connectivity index (χ1v) is 24.9. The van der Waals surface area contributed by atoms with Crippen molar-refractivity contribution in [3.63, 3.8) is 0 Å². The van der Waals surface area contributed by atoms with Crippen LogP contribution in [0.15, 0.2) is 121 Å². The molecule has 0 radical (unpaired) electrons. The lowest BCUT2D eigenvalue weighted by Gasteiger charge is -2.43. The predicted octanol–water partition coefficient (Wildman–Crippen LogP) is 7.53. The number of likely N-dealkylation sites (tertiary alicyclic amines) is 2. The van der Waals surface area contributed by atoms with Gasteiger partial charge in [-0.05, 0) is 46.5 Å². The Morgan fingerprint density at radius 1 is 0.649 bits per heavy atom. The standard InChI is InChI=1S/C29H24F2N4O4.C28H24ClF2N3O4/c1-33-22-12-21-24(26(34-22)38-2)28(37)25(36)20(14-35-15-27(30,31)16-35)23(18-6-4-3-5-7-18)29(28,39-21)19-10-8-17(13-32)9-11-19;1-37-25-23-20(11-21(29)33-25)38-28(18-9-7-16(12-32)8-10-18)22(17-5-3-2-4-6-17)19(24(35)27(23,28)36)13-34-14-26(30,31)15-34/h3-12,20,23,25,36-37H,14-16H2,2H3;2-11,19,22,24,35-36H,13-15H2,1H3/t20-,23-,25-,28+,29+;19-,22-,24-,27+,28+/m11/s1. The molecule has 20 heteroatoms. The number of rotatable bonds is 10. The average molecular weight is 1070 g/mol. The Balaban J connectivity index is 0.000000164. The van der Waals surface area contributed by atoms with Gasteiger partial charge in [-0.15, -0.1) is 0 Å². The van der Waals surface area contributed by atoms with Gasteiger partial charge in [-0.2, -0.15) is 10.5 Å². The molecule has 10 atom stereocenters. The molecule has 2 saturated carbocycles. The highest BCUT2D eigenvalue weighted by Gasteiger charge is 2.79. The van der Waals surface area contributed by atoms with Crippen LogP contribution in [-0.4, -0.2) is 118 Å². The molecule has 4 aliphatic heterocycles. The topological polar surface area (TPSA) is 202 Å². The number of nitriles is 2. The largest absolute Gasteiger partial charge is 0.481 e. The van der Waals surface area contributed by atoms with Crippen LogP contribution in [-0.2, 0) is 22.4 Å². The van der Waals surface area contributed by atoms with E-state index in [0.29, 0.717) is 22.3 Å². The Hall–Kier alpha value is -7.38. The van der Waals surface area contributed by atoms with Gasteiger partial charge < -0.3 is 44.2 Å². The molecule has 0 spiro atoms. The molecule has 6 aliphatic rings. The molecule has 4 aromatic carbocycles. The van der Waals surface area contributed by atoms with Gasteiger partial charge in [0.2, 0.25) is 5.88 Å². The van der Waals surface area contributed by atoms with E-state index in [-0.39, 0.29) is 58.4 Å². The summed E-state index contributed by atoms with van der Waals surface area (Å²) in [6.07, 6.45) is -2.96. The van der Waals surface area contributed by atoms with Gasteiger partial charge in [0.15, 0.2) is 22.4 Å². The van der Waals surface area contributed by atoms with Crippen LogP contribution < -0.4 is 18.9 Å². The van der Waals surface area contributed by atoms with Gasteiger partial charge in [-0.3, -0.25) is 9.80 Å². The van der Waals surface area contributed by atoms with Gasteiger partial charge in [-0.25, -0.2) is 22.5 Å². The number of pyridine rings is 2. The molecule has 6 aromatic rings. The molecule has 12 rings (SSSR count). The lowest BCUT2D eigenvalue weighted by atomic mass is 9.70. The predicted molar refractivity (Wildman–Crippen MR) is 268 cm³/mol. The number of aliphatic hydroxyl groups excluding tert-OH is 2. The lowest BCUT2D eigenvalue weighted by molar-refractivity contribution is -0.157. The van der Waals surface area contributed by atoms with Crippen LogP contribution in [0.1, 0.15) is 56.3 Å². The van der Waals surface area contributed by atoms with Crippen LogP contribution in [0.25, 0.3) is 4.85 Å². The Morgan fingerprint density at radius 3 is 1.40 bits per heavy atom. The first-order chi connectivity index (χ1) is 36.8. The van der Waals surface area contributed by atoms with E-state index >= 15 is 0 Å². The molecule has 2 saturated heterocycles. The van der Waals surface area contributed by atoms with Gasteiger partial charge in [0, 0.05) is 48.9 Å². The van der Waals surface area contributed by atoms with Crippen molar-refractivity contribution in [1.82, 2.24) is 19.8 Å². The van der Waals surface area contributed by atoms with Gasteiger partial charge in [0.1, 0.15) is 22.2 Å². The molecule has 2 aliphatic carbocycles. The second kappa shape index (κ2) is 18.7. The minimum absolute atomic E-state index is 0.00693. The summed E-state index contributed by atoms with van der Waals surface area (Å²) in [5.74, 6) is -8.26. The van der Waals surface area contributed by atoms with Crippen LogP contribution in [0.3, 0.4) is 0 Å². The van der Waals surface area contributed by atoms with Gasteiger partial charge in [0.25, 0.3) is 17.7 Å². The van der Waals surface area contributed by atoms with E-state index in [1.807, 2.05) is 60.7 Å². The number of fused-ring (bicyclic) bond motifs is 6. The number of aliphatic hydroxyl groups is 4. The molecule has 4 fully saturated rings. The van der Waals surface area contributed by atoms with Crippen LogP contribution in [0.4, 0.5) is 23.4 Å². The molecule has 0 unspecified atom stereocenters. The minimum Gasteiger partial charge on any atom is -0.481 e. The van der Waals surface area contributed by atoms with Crippen molar-refractivity contribution < 1.29 is 56.9 Å². The third-order valence-corrected chi connectivity index (χ3v) is 16.3. The molecular formula is C57H48ClF4N7O8. The SMILES string of the molecule is COc1nc(Cl)cc2c1[C@]1(O)[C@H](O)[C@H](CN3CC(F)(F)C3)[C@@H](c3ccccc3)[C@]1(c1ccc(C#N)cc1)O2.[C-]#[N+]c1cc2c(c(OC)n1)[C@]1(O)[C@H](O)[C@H](CN3CC(F)(F)C3)[C@@H](c3ccccc3)[C@]1(c1ccc(C#N)cc1)O2. The van der Waals surface area contributed by atoms with E-state index < -0.39 is 96.3 Å². The number of benzene rings is 4. The second-order valence-corrected chi connectivity index (χ2v) is 20.8. The van der Waals surface area contributed by atoms with Crippen molar-refractivity contribution in [1.29, 1.82) is 10.5 Å². The Morgan fingerprint density at radius 2 is 1.04 bits per heavy atom. The van der Waals surface area contributed by atoms with E-state index in [4.69, 9.17) is 37.1 Å². The van der Waals surface area contributed by atoms with Crippen molar-refractivity contribution in [3.8, 4) is 35.4 Å². The van der Waals surface area contributed by atoms with Gasteiger partial charge in [-0.1, -0.05) is 108 Å². The first kappa shape index (κ1) is 51.7. The molecule has 15 nitrogen and oxygen atoms in total. The minimum atomic E-state index is -2.81. The van der Waals surface area contributed by atoms with E-state index in [1.54, 1.807) is 58.3 Å². The van der Waals surface area contributed by atoms with Crippen molar-refractivity contribution in [2.75, 3.05) is 53.5 Å². The number of halogens is 5. The normalized spacial score (nSPS) is 30.6. The first-order valence-electron chi connectivity index (χ1n) is 24.6. The molecule has 6 heterocycles. The molecule has 0 bridgehead atoms. The monoisotopic (exact) mass is 1070 g/mol. The fourth-order valence-electron chi connectivity index (χ4n) is 13.2. The Labute approximate surface area is 444 Å². The summed E-state index contributed by atoms with van der Waals surface area (Å²) in [5.41, 5.74) is -4.09. The third kappa shape index (κ3) is 7.72. The van der Waals surface area contributed by atoms with Gasteiger partial charge >= 0.3 is 5.88 Å². The number of aromatic nitrogens is 2. The maximum atomic E-state index is 13.8. The van der Waals surface area contributed by atoms with Crippen molar-refractivity contribution >= 4 is 17.4 Å². The van der Waals surface area contributed by atoms with Gasteiger partial charge in [0.05, 0.1) is 81.4 Å². The molecular weight excluding hydrogens is 1020 g/mol. The van der Waals surface area contributed by atoms with E-state index in [0.717, 1.165) is 11.1 Å². The highest BCUT2D eigenvalue weighted by atomic mass is 35.5. The molecule has 2 aromatic heterocycles. The number of nitrogens with zero attached hydrogens (tertiary/aromatic N) is 7. The van der Waals surface area contributed by atoms with Crippen LogP contribution >= 0.6 is 11.6 Å². The number of ether oxygens (including phenoxy) is 4. The fourth-order valence-corrected chi connectivity index (χ4v) is 13.4. The number of hydrogen-bond donors (Lipinski definition) is 4. The highest BCUT2D eigenvalue weighted by molar-refractivity contribution is 6.29. The summed E-state index contributed by atoms with van der Waals surface area (Å²) >= 11 is 6.25. The van der Waals surface area contributed by atoms with Crippen LogP contribution in [0.2, 0.25) is 5.15 Å². The van der Waals surface area contributed by atoms with E-state index in [1.165, 1.54) is 26.4 Å². The number of methoxy groups -OCH3 is 2. The third-order valence-electron chi connectivity index (χ3n) is 16.2. The molecule has 4 N–H and O–H groups in total. The summed E-state index contributed by atoms with van der Waals surface area (Å²) in [7, 11) is 2.72. The Kier molecular flexibility index (Phi) is 12.5. The van der Waals surface area contributed by atoms with Crippen molar-refractivity contribution in [2.24, 2.45) is 11.8 Å². The zero-order chi connectivity index (χ0) is 54.5. The highest BCUT2D eigenvalue weighted by Crippen LogP contribution is 2.72. The zero-order valence-corrected chi connectivity index (χ0v) is 42.0. The smallest absolute Gasteiger partial charge is 0.319 e. The zero-order valence-electron chi connectivity index (χ0n) is 41.2. The van der Waals surface area contributed by atoms with Crippen molar-refractivity contribution in [2.45, 2.75) is 58.3 Å². The number of alkyl halides is 4. The summed E-state index contributed by atoms with van der Waals surface area (Å²) in [4.78, 5) is 15.0. The van der Waals surface area contributed by atoms with Crippen LogP contribution in [0.5, 0.6) is 23.3 Å². The van der Waals surface area contributed by atoms with E-state index in [2.05, 4.69) is 27.0 Å². The van der Waals surface area contributed by atoms with E-state index in [9.17, 15) is 48.5 Å². The molecule has 77 heavy (non-hydrogen) atoms. The quantitative estimate of drug-likeness (QED) is 0.0596.